The number of aryl methyl sites for hydroxylation is 1. The molecule has 0 aliphatic heterocycles. The summed E-state index contributed by atoms with van der Waals surface area (Å²) in [5.74, 6) is 1.47. The summed E-state index contributed by atoms with van der Waals surface area (Å²) in [7, 11) is 4.67. The van der Waals surface area contributed by atoms with Crippen molar-refractivity contribution in [3.8, 4) is 17.2 Å². The highest BCUT2D eigenvalue weighted by Crippen LogP contribution is 2.34. The Kier molecular flexibility index (Phi) is 5.56. The maximum atomic E-state index is 14.2. The summed E-state index contributed by atoms with van der Waals surface area (Å²) in [6, 6.07) is 3.51. The molecule has 0 radical (unpaired) electrons. The molecule has 0 aliphatic rings. The molecule has 0 bridgehead atoms. The van der Waals surface area contributed by atoms with Gasteiger partial charge in [-0.2, -0.15) is 0 Å². The van der Waals surface area contributed by atoms with Crippen LogP contribution in [-0.4, -0.2) is 31.3 Å². The fraction of sp³-hybridized carbons (Fsp3) is 0.375. The Morgan fingerprint density at radius 2 is 1.65 bits per heavy atom. The van der Waals surface area contributed by atoms with Crippen molar-refractivity contribution >= 4 is 5.82 Å². The first-order chi connectivity index (χ1) is 11.1. The Morgan fingerprint density at radius 1 is 1.00 bits per heavy atom. The third-order valence-corrected chi connectivity index (χ3v) is 3.43. The molecule has 0 unspecified atom stereocenters. The molecule has 0 spiro atoms. The van der Waals surface area contributed by atoms with Crippen molar-refractivity contribution in [2.24, 2.45) is 0 Å². The number of nitrogens with zero attached hydrogens (tertiary/aromatic N) is 2. The summed E-state index contributed by atoms with van der Waals surface area (Å²) in [4.78, 5) is 7.85. The number of ether oxygens (including phenoxy) is 3. The van der Waals surface area contributed by atoms with E-state index in [1.54, 1.807) is 33.5 Å². The third kappa shape index (κ3) is 3.61. The topological polar surface area (TPSA) is 65.5 Å². The number of rotatable bonds is 7. The van der Waals surface area contributed by atoms with Crippen molar-refractivity contribution in [2.75, 3.05) is 26.6 Å². The Hall–Kier alpha value is -2.57. The fourth-order valence-electron chi connectivity index (χ4n) is 2.19. The third-order valence-electron chi connectivity index (χ3n) is 3.43. The minimum absolute atomic E-state index is 0.161. The number of benzene rings is 1. The monoisotopic (exact) mass is 321 g/mol. The second-order valence-electron chi connectivity index (χ2n) is 4.71. The zero-order valence-corrected chi connectivity index (χ0v) is 13.6. The van der Waals surface area contributed by atoms with Crippen molar-refractivity contribution in [1.29, 1.82) is 0 Å². The van der Waals surface area contributed by atoms with Gasteiger partial charge in [-0.05, 0) is 12.5 Å². The standard InChI is InChI=1S/C16H20FN3O3/c1-5-11-15(17)16(20-9-19-11)18-8-10-6-13(22-3)14(23-4)7-12(10)21-2/h6-7,9H,5,8H2,1-4H3,(H,18,19,20). The predicted octanol–water partition coefficient (Wildman–Crippen LogP) is 2.82. The Bertz CT molecular complexity index is 680. The van der Waals surface area contributed by atoms with Crippen LogP contribution in [0.4, 0.5) is 10.2 Å². The number of anilines is 1. The lowest BCUT2D eigenvalue weighted by molar-refractivity contribution is 0.347. The van der Waals surface area contributed by atoms with E-state index in [0.29, 0.717) is 35.9 Å². The molecule has 7 heteroatoms. The summed E-state index contributed by atoms with van der Waals surface area (Å²) in [6.07, 6.45) is 1.85. The molecule has 0 saturated carbocycles. The molecule has 0 fully saturated rings. The molecule has 1 aromatic heterocycles. The molecule has 2 aromatic rings. The summed E-state index contributed by atoms with van der Waals surface area (Å²) in [5.41, 5.74) is 1.17. The average Bonchev–Trinajstić information content (AvgIpc) is 2.59. The maximum Gasteiger partial charge on any atom is 0.186 e. The van der Waals surface area contributed by atoms with Crippen LogP contribution in [0.3, 0.4) is 0 Å². The minimum Gasteiger partial charge on any atom is -0.496 e. The Morgan fingerprint density at radius 3 is 2.26 bits per heavy atom. The maximum absolute atomic E-state index is 14.2. The average molecular weight is 321 g/mol. The molecule has 1 heterocycles. The van der Waals surface area contributed by atoms with Gasteiger partial charge in [0.05, 0.1) is 27.0 Å². The lowest BCUT2D eigenvalue weighted by atomic mass is 10.1. The number of methoxy groups -OCH3 is 3. The molecule has 2 rings (SSSR count). The lowest BCUT2D eigenvalue weighted by Gasteiger charge is -2.15. The molecular formula is C16H20FN3O3. The number of hydrogen-bond acceptors (Lipinski definition) is 6. The van der Waals surface area contributed by atoms with E-state index in [9.17, 15) is 4.39 Å². The molecule has 1 aromatic carbocycles. The van der Waals surface area contributed by atoms with Crippen molar-refractivity contribution < 1.29 is 18.6 Å². The van der Waals surface area contributed by atoms with Crippen LogP contribution in [0.15, 0.2) is 18.5 Å². The molecule has 0 aliphatic carbocycles. The molecule has 1 N–H and O–H groups in total. The normalized spacial score (nSPS) is 10.3. The van der Waals surface area contributed by atoms with E-state index in [1.807, 2.05) is 6.92 Å². The quantitative estimate of drug-likeness (QED) is 0.846. The van der Waals surface area contributed by atoms with Gasteiger partial charge in [0, 0.05) is 18.2 Å². The van der Waals surface area contributed by atoms with E-state index in [4.69, 9.17) is 14.2 Å². The van der Waals surface area contributed by atoms with Gasteiger partial charge in [0.2, 0.25) is 0 Å². The molecule has 0 saturated heterocycles. The van der Waals surface area contributed by atoms with Crippen molar-refractivity contribution in [3.05, 3.63) is 35.5 Å². The number of aromatic nitrogens is 2. The minimum atomic E-state index is -0.436. The SMILES string of the molecule is CCc1ncnc(NCc2cc(OC)c(OC)cc2OC)c1F. The van der Waals surface area contributed by atoms with Crippen LogP contribution >= 0.6 is 0 Å². The van der Waals surface area contributed by atoms with Crippen LogP contribution in [-0.2, 0) is 13.0 Å². The molecular weight excluding hydrogens is 301 g/mol. The smallest absolute Gasteiger partial charge is 0.186 e. The number of halogens is 1. The van der Waals surface area contributed by atoms with Gasteiger partial charge in [-0.25, -0.2) is 14.4 Å². The van der Waals surface area contributed by atoms with Gasteiger partial charge >= 0.3 is 0 Å². The largest absolute Gasteiger partial charge is 0.496 e. The van der Waals surface area contributed by atoms with E-state index in [2.05, 4.69) is 15.3 Å². The van der Waals surface area contributed by atoms with E-state index in [0.717, 1.165) is 5.56 Å². The van der Waals surface area contributed by atoms with Crippen molar-refractivity contribution in [3.63, 3.8) is 0 Å². The van der Waals surface area contributed by atoms with Crippen molar-refractivity contribution in [1.82, 2.24) is 9.97 Å². The second kappa shape index (κ2) is 7.62. The molecule has 0 amide bonds. The van der Waals surface area contributed by atoms with Crippen molar-refractivity contribution in [2.45, 2.75) is 19.9 Å². The zero-order chi connectivity index (χ0) is 16.8. The van der Waals surface area contributed by atoms with Crippen LogP contribution < -0.4 is 19.5 Å². The predicted molar refractivity (Wildman–Crippen MR) is 84.8 cm³/mol. The first kappa shape index (κ1) is 16.8. The van der Waals surface area contributed by atoms with E-state index in [1.165, 1.54) is 6.33 Å². The molecule has 6 nitrogen and oxygen atoms in total. The number of nitrogens with one attached hydrogen (secondary N) is 1. The molecule has 23 heavy (non-hydrogen) atoms. The number of hydrogen-bond donors (Lipinski definition) is 1. The fourth-order valence-corrected chi connectivity index (χ4v) is 2.19. The van der Waals surface area contributed by atoms with Crippen LogP contribution in [0.5, 0.6) is 17.2 Å². The van der Waals surface area contributed by atoms with Crippen LogP contribution in [0, 0.1) is 5.82 Å². The van der Waals surface area contributed by atoms with Gasteiger partial charge in [0.1, 0.15) is 12.1 Å². The van der Waals surface area contributed by atoms with Gasteiger partial charge in [0.25, 0.3) is 0 Å². The van der Waals surface area contributed by atoms with Crippen LogP contribution in [0.2, 0.25) is 0 Å². The summed E-state index contributed by atoms with van der Waals surface area (Å²) >= 11 is 0. The highest BCUT2D eigenvalue weighted by atomic mass is 19.1. The lowest BCUT2D eigenvalue weighted by Crippen LogP contribution is -2.08. The van der Waals surface area contributed by atoms with Crippen LogP contribution in [0.1, 0.15) is 18.2 Å². The summed E-state index contributed by atoms with van der Waals surface area (Å²) in [5, 5.41) is 2.96. The van der Waals surface area contributed by atoms with Gasteiger partial charge in [-0.3, -0.25) is 0 Å². The van der Waals surface area contributed by atoms with Gasteiger partial charge in [-0.1, -0.05) is 6.92 Å². The highest BCUT2D eigenvalue weighted by Gasteiger charge is 2.14. The van der Waals surface area contributed by atoms with Gasteiger partial charge in [0.15, 0.2) is 23.1 Å². The van der Waals surface area contributed by atoms with E-state index in [-0.39, 0.29) is 5.82 Å². The Labute approximate surface area is 134 Å². The summed E-state index contributed by atoms with van der Waals surface area (Å²) in [6.45, 7) is 2.16. The zero-order valence-electron chi connectivity index (χ0n) is 13.6. The van der Waals surface area contributed by atoms with Gasteiger partial charge in [-0.15, -0.1) is 0 Å². The van der Waals surface area contributed by atoms with Gasteiger partial charge < -0.3 is 19.5 Å². The first-order valence-electron chi connectivity index (χ1n) is 7.16. The summed E-state index contributed by atoms with van der Waals surface area (Å²) < 4.78 is 30.0. The molecule has 0 atom stereocenters. The Balaban J connectivity index is 2.26. The second-order valence-corrected chi connectivity index (χ2v) is 4.71. The first-order valence-corrected chi connectivity index (χ1v) is 7.16. The van der Waals surface area contributed by atoms with E-state index >= 15 is 0 Å². The van der Waals surface area contributed by atoms with Crippen LogP contribution in [0.25, 0.3) is 0 Å². The highest BCUT2D eigenvalue weighted by molar-refractivity contribution is 5.52. The molecule has 124 valence electrons. The van der Waals surface area contributed by atoms with E-state index < -0.39 is 5.82 Å².